The van der Waals surface area contributed by atoms with Crippen molar-refractivity contribution in [1.82, 2.24) is 15.5 Å². The van der Waals surface area contributed by atoms with Gasteiger partial charge in [0.05, 0.1) is 30.6 Å². The van der Waals surface area contributed by atoms with Gasteiger partial charge in [-0.1, -0.05) is 34.1 Å². The molecule has 0 radical (unpaired) electrons. The van der Waals surface area contributed by atoms with Crippen LogP contribution in [0, 0.1) is 17.8 Å². The smallest absolute Gasteiger partial charge is 0.245 e. The van der Waals surface area contributed by atoms with Gasteiger partial charge in [-0.15, -0.1) is 0 Å². The zero-order valence-electron chi connectivity index (χ0n) is 18.6. The van der Waals surface area contributed by atoms with Gasteiger partial charge in [0, 0.05) is 13.1 Å². The number of fused-ring (bicyclic) bond motifs is 1. The van der Waals surface area contributed by atoms with Crippen molar-refractivity contribution in [3.8, 4) is 0 Å². The van der Waals surface area contributed by atoms with E-state index in [9.17, 15) is 19.5 Å². The Balaban J connectivity index is 1.97. The second kappa shape index (κ2) is 9.22. The average Bonchev–Trinajstić information content (AvgIpc) is 3.34. The number of ether oxygens (including phenoxy) is 1. The van der Waals surface area contributed by atoms with Gasteiger partial charge in [-0.25, -0.2) is 0 Å². The van der Waals surface area contributed by atoms with Crippen molar-refractivity contribution in [2.75, 3.05) is 19.7 Å². The Bertz CT molecular complexity index is 669. The lowest BCUT2D eigenvalue weighted by atomic mass is 9.70. The zero-order chi connectivity index (χ0) is 22.1. The predicted octanol–water partition coefficient (Wildman–Crippen LogP) is 0.820. The lowest BCUT2D eigenvalue weighted by molar-refractivity contribution is -0.146. The van der Waals surface area contributed by atoms with Crippen LogP contribution in [0.5, 0.6) is 0 Å². The Labute approximate surface area is 179 Å². The first kappa shape index (κ1) is 23.0. The van der Waals surface area contributed by atoms with E-state index in [1.54, 1.807) is 0 Å². The molecule has 3 N–H and O–H groups in total. The van der Waals surface area contributed by atoms with Crippen LogP contribution < -0.4 is 10.6 Å². The fourth-order valence-corrected chi connectivity index (χ4v) is 5.52. The first-order valence-corrected chi connectivity index (χ1v) is 11.5. The summed E-state index contributed by atoms with van der Waals surface area (Å²) in [6.07, 6.45) is 3.50. The number of aliphatic hydroxyl groups excluding tert-OH is 1. The van der Waals surface area contributed by atoms with E-state index >= 15 is 0 Å². The third kappa shape index (κ3) is 3.62. The first-order valence-electron chi connectivity index (χ1n) is 11.5. The fourth-order valence-electron chi connectivity index (χ4n) is 5.52. The molecular weight excluding hydrogens is 386 g/mol. The third-order valence-electron chi connectivity index (χ3n) is 6.98. The summed E-state index contributed by atoms with van der Waals surface area (Å²) in [6.45, 7) is 8.73. The lowest BCUT2D eigenvalue weighted by Gasteiger charge is -2.38. The van der Waals surface area contributed by atoms with Crippen LogP contribution in [-0.4, -0.2) is 71.2 Å². The number of hydrogen-bond donors (Lipinski definition) is 3. The third-order valence-corrected chi connectivity index (χ3v) is 6.98. The number of likely N-dealkylation sites (tertiary alicyclic amines) is 1. The molecule has 0 aromatic rings. The molecule has 6 atom stereocenters. The van der Waals surface area contributed by atoms with E-state index in [0.29, 0.717) is 25.9 Å². The second-order valence-corrected chi connectivity index (χ2v) is 9.23. The molecule has 30 heavy (non-hydrogen) atoms. The zero-order valence-corrected chi connectivity index (χ0v) is 18.6. The summed E-state index contributed by atoms with van der Waals surface area (Å²) >= 11 is 0. The number of hydrogen-bond acceptors (Lipinski definition) is 5. The molecule has 3 fully saturated rings. The normalized spacial score (nSPS) is 33.1. The number of nitrogens with one attached hydrogen (secondary N) is 2. The van der Waals surface area contributed by atoms with E-state index in [-0.39, 0.29) is 36.4 Å². The minimum absolute atomic E-state index is 0.0373. The van der Waals surface area contributed by atoms with Gasteiger partial charge in [0.2, 0.25) is 17.7 Å². The summed E-state index contributed by atoms with van der Waals surface area (Å²) in [5.74, 6) is -1.95. The van der Waals surface area contributed by atoms with Crippen LogP contribution in [0.1, 0.15) is 59.8 Å². The molecule has 0 aliphatic carbocycles. The molecule has 0 aromatic carbocycles. The van der Waals surface area contributed by atoms with E-state index in [0.717, 1.165) is 19.3 Å². The number of aliphatic hydroxyl groups is 1. The number of unbranched alkanes of at least 4 members (excludes halogenated alkanes) is 1. The maximum absolute atomic E-state index is 13.7. The van der Waals surface area contributed by atoms with E-state index in [1.165, 1.54) is 4.90 Å². The molecular formula is C22H37N3O5. The highest BCUT2D eigenvalue weighted by molar-refractivity contribution is 5.99. The SMILES string of the molecule is CCCCNC(=O)C1N([C@@H](CO)C(C)C)C(=O)[C@@H]2[C@@H](C(=O)NCCC)[C@H]3CCC12O3. The van der Waals surface area contributed by atoms with E-state index in [4.69, 9.17) is 4.74 Å². The number of nitrogens with zero attached hydrogens (tertiary/aromatic N) is 1. The largest absolute Gasteiger partial charge is 0.394 e. The van der Waals surface area contributed by atoms with Gasteiger partial charge >= 0.3 is 0 Å². The molecule has 1 spiro atoms. The average molecular weight is 424 g/mol. The molecule has 3 amide bonds. The molecule has 3 aliphatic rings. The highest BCUT2D eigenvalue weighted by atomic mass is 16.5. The van der Waals surface area contributed by atoms with Gasteiger partial charge in [-0.3, -0.25) is 14.4 Å². The van der Waals surface area contributed by atoms with Crippen LogP contribution in [0.2, 0.25) is 0 Å². The van der Waals surface area contributed by atoms with Crippen molar-refractivity contribution >= 4 is 17.7 Å². The standard InChI is InChI=1S/C22H37N3O5/c1-5-7-11-24-20(28)18-22-9-8-15(30-22)16(19(27)23-10-6-2)17(22)21(29)25(18)14(12-26)13(3)4/h13-18,26H,5-12H2,1-4H3,(H,23,27)(H,24,28)/t14-,15+,16-,17-,18?,22?/m0/s1. The van der Waals surface area contributed by atoms with E-state index < -0.39 is 29.5 Å². The van der Waals surface area contributed by atoms with Crippen LogP contribution in [0.4, 0.5) is 0 Å². The van der Waals surface area contributed by atoms with Crippen molar-refractivity contribution in [3.05, 3.63) is 0 Å². The summed E-state index contributed by atoms with van der Waals surface area (Å²) < 4.78 is 6.35. The molecule has 3 rings (SSSR count). The molecule has 8 heteroatoms. The highest BCUT2D eigenvalue weighted by Crippen LogP contribution is 2.58. The van der Waals surface area contributed by atoms with Gasteiger partial charge in [0.15, 0.2) is 0 Å². The van der Waals surface area contributed by atoms with Crippen LogP contribution in [0.3, 0.4) is 0 Å². The van der Waals surface area contributed by atoms with Crippen molar-refractivity contribution in [3.63, 3.8) is 0 Å². The summed E-state index contributed by atoms with van der Waals surface area (Å²) in [7, 11) is 0. The molecule has 0 saturated carbocycles. The van der Waals surface area contributed by atoms with Crippen LogP contribution in [0.25, 0.3) is 0 Å². The van der Waals surface area contributed by atoms with Crippen LogP contribution >= 0.6 is 0 Å². The summed E-state index contributed by atoms with van der Waals surface area (Å²) in [5.41, 5.74) is -0.991. The maximum atomic E-state index is 13.7. The molecule has 3 aliphatic heterocycles. The number of amides is 3. The Hall–Kier alpha value is -1.67. The van der Waals surface area contributed by atoms with Gasteiger partial charge in [-0.2, -0.15) is 0 Å². The Morgan fingerprint density at radius 2 is 1.90 bits per heavy atom. The summed E-state index contributed by atoms with van der Waals surface area (Å²) in [4.78, 5) is 41.5. The summed E-state index contributed by atoms with van der Waals surface area (Å²) in [5, 5.41) is 15.9. The first-order chi connectivity index (χ1) is 14.3. The molecule has 3 saturated heterocycles. The predicted molar refractivity (Wildman–Crippen MR) is 111 cm³/mol. The Morgan fingerprint density at radius 1 is 1.20 bits per heavy atom. The van der Waals surface area contributed by atoms with E-state index in [1.807, 2.05) is 27.7 Å². The molecule has 2 unspecified atom stereocenters. The van der Waals surface area contributed by atoms with Crippen LogP contribution in [0.15, 0.2) is 0 Å². The number of rotatable bonds is 10. The highest BCUT2D eigenvalue weighted by Gasteiger charge is 2.75. The minimum Gasteiger partial charge on any atom is -0.394 e. The van der Waals surface area contributed by atoms with Gasteiger partial charge in [-0.05, 0) is 31.6 Å². The van der Waals surface area contributed by atoms with Gasteiger partial charge in [0.25, 0.3) is 0 Å². The maximum Gasteiger partial charge on any atom is 0.245 e. The Kier molecular flexibility index (Phi) is 7.07. The van der Waals surface area contributed by atoms with Crippen molar-refractivity contribution in [2.45, 2.75) is 83.6 Å². The van der Waals surface area contributed by atoms with Crippen molar-refractivity contribution < 1.29 is 24.2 Å². The van der Waals surface area contributed by atoms with E-state index in [2.05, 4.69) is 10.6 Å². The topological polar surface area (TPSA) is 108 Å². The van der Waals surface area contributed by atoms with Crippen molar-refractivity contribution in [2.24, 2.45) is 17.8 Å². The molecule has 2 bridgehead atoms. The number of carbonyl (C=O) groups excluding carboxylic acids is 3. The molecule has 3 heterocycles. The van der Waals surface area contributed by atoms with Crippen molar-refractivity contribution in [1.29, 1.82) is 0 Å². The molecule has 170 valence electrons. The quantitative estimate of drug-likeness (QED) is 0.451. The Morgan fingerprint density at radius 3 is 2.50 bits per heavy atom. The minimum atomic E-state index is -0.991. The molecule has 8 nitrogen and oxygen atoms in total. The molecule has 0 aromatic heterocycles. The van der Waals surface area contributed by atoms with Crippen LogP contribution in [-0.2, 0) is 19.1 Å². The summed E-state index contributed by atoms with van der Waals surface area (Å²) in [6, 6.07) is -1.32. The fraction of sp³-hybridized carbons (Fsp3) is 0.864. The lowest BCUT2D eigenvalue weighted by Crippen LogP contribution is -2.59. The second-order valence-electron chi connectivity index (χ2n) is 9.23. The van der Waals surface area contributed by atoms with Gasteiger partial charge in [0.1, 0.15) is 11.6 Å². The number of carbonyl (C=O) groups is 3. The van der Waals surface area contributed by atoms with Gasteiger partial charge < -0.3 is 25.4 Å². The monoisotopic (exact) mass is 423 g/mol.